The van der Waals surface area contributed by atoms with Gasteiger partial charge in [-0.05, 0) is 51.0 Å². The van der Waals surface area contributed by atoms with Crippen molar-refractivity contribution in [3.05, 3.63) is 58.3 Å². The minimum absolute atomic E-state index is 0.164. The molecule has 0 unspecified atom stereocenters. The van der Waals surface area contributed by atoms with Crippen LogP contribution < -0.4 is 10.1 Å². The van der Waals surface area contributed by atoms with E-state index in [4.69, 9.17) is 37.1 Å². The Morgan fingerprint density at radius 2 is 1.97 bits per heavy atom. The van der Waals surface area contributed by atoms with Gasteiger partial charge in [0, 0.05) is 52.4 Å². The van der Waals surface area contributed by atoms with Crippen LogP contribution in [0.1, 0.15) is 32.8 Å². The second-order valence-corrected chi connectivity index (χ2v) is 8.56. The smallest absolute Gasteiger partial charge is 0.244 e. The highest BCUT2D eigenvalue weighted by Crippen LogP contribution is 2.40. The second-order valence-electron chi connectivity index (χ2n) is 7.71. The third kappa shape index (κ3) is 5.85. The van der Waals surface area contributed by atoms with Crippen molar-refractivity contribution in [2.24, 2.45) is 0 Å². The van der Waals surface area contributed by atoms with Crippen LogP contribution in [0.25, 0.3) is 27.7 Å². The summed E-state index contributed by atoms with van der Waals surface area (Å²) >= 11 is 12.5. The Balaban J connectivity index is 1.86. The number of carbonyl (C=O) groups excluding carboxylic acids is 1. The van der Waals surface area contributed by atoms with Crippen LogP contribution in [-0.2, 0) is 9.53 Å². The first kappa shape index (κ1) is 24.2. The van der Waals surface area contributed by atoms with E-state index in [2.05, 4.69) is 5.32 Å². The van der Waals surface area contributed by atoms with E-state index < -0.39 is 0 Å². The van der Waals surface area contributed by atoms with Gasteiger partial charge >= 0.3 is 0 Å². The molecule has 0 aliphatic heterocycles. The molecule has 0 aliphatic rings. The number of ether oxygens (including phenoxy) is 2. The number of amides is 1. The average Bonchev–Trinajstić information content (AvgIpc) is 3.14. The van der Waals surface area contributed by atoms with Gasteiger partial charge in [-0.1, -0.05) is 29.3 Å². The van der Waals surface area contributed by atoms with E-state index in [0.717, 1.165) is 34.1 Å². The van der Waals surface area contributed by atoms with Crippen molar-refractivity contribution in [3.8, 4) is 16.9 Å². The Morgan fingerprint density at radius 3 is 2.66 bits per heavy atom. The Morgan fingerprint density at radius 1 is 1.19 bits per heavy atom. The number of carbonyl (C=O) groups is 1. The molecule has 0 bridgehead atoms. The van der Waals surface area contributed by atoms with Gasteiger partial charge in [0.15, 0.2) is 0 Å². The van der Waals surface area contributed by atoms with E-state index in [-0.39, 0.29) is 12.0 Å². The highest BCUT2D eigenvalue weighted by molar-refractivity contribution is 6.36. The van der Waals surface area contributed by atoms with Crippen molar-refractivity contribution in [2.75, 3.05) is 20.3 Å². The molecule has 1 amide bonds. The third-order valence-electron chi connectivity index (χ3n) is 4.96. The van der Waals surface area contributed by atoms with Crippen molar-refractivity contribution >= 4 is 45.7 Å². The highest BCUT2D eigenvalue weighted by atomic mass is 35.5. The zero-order valence-electron chi connectivity index (χ0n) is 18.6. The van der Waals surface area contributed by atoms with Crippen LogP contribution in [-0.4, -0.2) is 32.3 Å². The molecule has 2 aromatic carbocycles. The lowest BCUT2D eigenvalue weighted by Gasteiger charge is -2.11. The molecular formula is C25H27Cl2NO4. The van der Waals surface area contributed by atoms with E-state index in [1.807, 2.05) is 39.0 Å². The number of halogens is 2. The van der Waals surface area contributed by atoms with E-state index in [9.17, 15) is 4.79 Å². The molecule has 0 saturated carbocycles. The predicted molar refractivity (Wildman–Crippen MR) is 131 cm³/mol. The second kappa shape index (κ2) is 10.9. The monoisotopic (exact) mass is 475 g/mol. The van der Waals surface area contributed by atoms with Gasteiger partial charge in [-0.3, -0.25) is 4.79 Å². The molecule has 1 aromatic heterocycles. The van der Waals surface area contributed by atoms with Gasteiger partial charge in [0.1, 0.15) is 11.3 Å². The quantitative estimate of drug-likeness (QED) is 0.274. The molecule has 3 aromatic rings. The van der Waals surface area contributed by atoms with E-state index in [1.165, 1.54) is 0 Å². The Bertz CT molecular complexity index is 1130. The number of allylic oxidation sites excluding steroid dienone is 1. The van der Waals surface area contributed by atoms with E-state index in [0.29, 0.717) is 34.5 Å². The van der Waals surface area contributed by atoms with Crippen molar-refractivity contribution in [1.82, 2.24) is 5.32 Å². The summed E-state index contributed by atoms with van der Waals surface area (Å²) in [6.07, 6.45) is 4.17. The lowest BCUT2D eigenvalue weighted by atomic mass is 9.99. The molecule has 0 spiro atoms. The summed E-state index contributed by atoms with van der Waals surface area (Å²) in [5.74, 6) is 0.454. The summed E-state index contributed by atoms with van der Waals surface area (Å²) in [4.78, 5) is 12.4. The van der Waals surface area contributed by atoms with Crippen LogP contribution in [0.5, 0.6) is 5.75 Å². The summed E-state index contributed by atoms with van der Waals surface area (Å²) in [7, 11) is 1.59. The van der Waals surface area contributed by atoms with Crippen molar-refractivity contribution in [3.63, 3.8) is 0 Å². The number of benzene rings is 2. The summed E-state index contributed by atoms with van der Waals surface area (Å²) in [5, 5.41) is 4.85. The number of fused-ring (bicyclic) bond motifs is 1. The normalized spacial score (nSPS) is 11.9. The maximum Gasteiger partial charge on any atom is 0.244 e. The molecule has 0 fully saturated rings. The number of rotatable bonds is 9. The van der Waals surface area contributed by atoms with E-state index in [1.54, 1.807) is 31.6 Å². The van der Waals surface area contributed by atoms with E-state index >= 15 is 0 Å². The summed E-state index contributed by atoms with van der Waals surface area (Å²) in [6.45, 7) is 7.01. The molecule has 0 radical (unpaired) electrons. The minimum Gasteiger partial charge on any atom is -0.496 e. The fourth-order valence-corrected chi connectivity index (χ4v) is 3.89. The largest absolute Gasteiger partial charge is 0.496 e. The SMILES string of the molecule is COc1cc2occ(-c3ccc(Cl)cc3Cl)c2cc1/C(C)=C/C(=O)NCCCOC(C)C. The molecule has 170 valence electrons. The number of furan rings is 1. The first-order valence-corrected chi connectivity index (χ1v) is 11.2. The van der Waals surface area contributed by atoms with Gasteiger partial charge in [0.25, 0.3) is 0 Å². The molecule has 0 saturated heterocycles. The summed E-state index contributed by atoms with van der Waals surface area (Å²) in [5.41, 5.74) is 3.89. The lowest BCUT2D eigenvalue weighted by Crippen LogP contribution is -2.23. The van der Waals surface area contributed by atoms with Crippen LogP contribution in [0.2, 0.25) is 10.0 Å². The molecular weight excluding hydrogens is 449 g/mol. The minimum atomic E-state index is -0.164. The van der Waals surface area contributed by atoms with Crippen LogP contribution in [0, 0.1) is 0 Å². The number of nitrogens with one attached hydrogen (secondary N) is 1. The lowest BCUT2D eigenvalue weighted by molar-refractivity contribution is -0.116. The van der Waals surface area contributed by atoms with Gasteiger partial charge < -0.3 is 19.2 Å². The predicted octanol–water partition coefficient (Wildman–Crippen LogP) is 6.75. The zero-order chi connectivity index (χ0) is 23.3. The zero-order valence-corrected chi connectivity index (χ0v) is 20.1. The van der Waals surface area contributed by atoms with Crippen molar-refractivity contribution < 1.29 is 18.7 Å². The fourth-order valence-electron chi connectivity index (χ4n) is 3.38. The van der Waals surface area contributed by atoms with Gasteiger partial charge in [-0.2, -0.15) is 0 Å². The van der Waals surface area contributed by atoms with Crippen molar-refractivity contribution in [1.29, 1.82) is 0 Å². The number of methoxy groups -OCH3 is 1. The number of hydrogen-bond acceptors (Lipinski definition) is 4. The maximum absolute atomic E-state index is 12.4. The van der Waals surface area contributed by atoms with Gasteiger partial charge in [0.05, 0.1) is 24.5 Å². The maximum atomic E-state index is 12.4. The molecule has 7 heteroatoms. The highest BCUT2D eigenvalue weighted by Gasteiger charge is 2.16. The fraction of sp³-hybridized carbons (Fsp3) is 0.320. The molecule has 3 rings (SSSR count). The Kier molecular flexibility index (Phi) is 8.24. The molecule has 0 aliphatic carbocycles. The molecule has 32 heavy (non-hydrogen) atoms. The Labute approximate surface area is 198 Å². The summed E-state index contributed by atoms with van der Waals surface area (Å²) in [6, 6.07) is 9.11. The average molecular weight is 476 g/mol. The molecule has 5 nitrogen and oxygen atoms in total. The first-order chi connectivity index (χ1) is 15.3. The van der Waals surface area contributed by atoms with Crippen LogP contribution in [0.15, 0.2) is 47.1 Å². The summed E-state index contributed by atoms with van der Waals surface area (Å²) < 4.78 is 16.8. The third-order valence-corrected chi connectivity index (χ3v) is 5.51. The van der Waals surface area contributed by atoms with Crippen LogP contribution >= 0.6 is 23.2 Å². The topological polar surface area (TPSA) is 60.7 Å². The van der Waals surface area contributed by atoms with Crippen molar-refractivity contribution in [2.45, 2.75) is 33.3 Å². The van der Waals surface area contributed by atoms with Gasteiger partial charge in [0.2, 0.25) is 5.91 Å². The van der Waals surface area contributed by atoms with Gasteiger partial charge in [-0.25, -0.2) is 0 Å². The standard InChI is InChI=1S/C25H27Cl2NO4/c1-15(2)31-9-5-8-28-25(29)10-16(3)19-12-20-21(14-32-24(20)13-23(19)30-4)18-7-6-17(26)11-22(18)27/h6-7,10-15H,5,8-9H2,1-4H3,(H,28,29)/b16-10+. The van der Waals surface area contributed by atoms with Crippen LogP contribution in [0.4, 0.5) is 0 Å². The Hall–Kier alpha value is -2.47. The first-order valence-electron chi connectivity index (χ1n) is 10.4. The molecule has 1 N–H and O–H groups in total. The molecule has 1 heterocycles. The molecule has 0 atom stereocenters. The van der Waals surface area contributed by atoms with Crippen LogP contribution in [0.3, 0.4) is 0 Å². The number of hydrogen-bond donors (Lipinski definition) is 1. The van der Waals surface area contributed by atoms with Gasteiger partial charge in [-0.15, -0.1) is 0 Å².